The number of halogens is 3. The molecule has 114 valence electrons. The van der Waals surface area contributed by atoms with E-state index in [9.17, 15) is 18.0 Å². The van der Waals surface area contributed by atoms with Crippen LogP contribution in [0.5, 0.6) is 0 Å². The predicted molar refractivity (Wildman–Crippen MR) is 70.2 cm³/mol. The molecule has 6 heteroatoms. The Morgan fingerprint density at radius 1 is 1.30 bits per heavy atom. The fraction of sp³-hybridized carbons (Fsp3) is 0.786. The highest BCUT2D eigenvalue weighted by molar-refractivity contribution is 5.76. The normalized spacial score (nSPS) is 26.0. The van der Waals surface area contributed by atoms with Gasteiger partial charge in [-0.3, -0.25) is 9.69 Å². The van der Waals surface area contributed by atoms with E-state index in [2.05, 4.69) is 12.2 Å². The molecule has 0 aromatic rings. The molecule has 0 spiro atoms. The molecule has 2 aliphatic rings. The number of rotatable bonds is 3. The Hall–Kier alpha value is -1.04. The molecule has 1 aliphatic carbocycles. The maximum atomic E-state index is 12.6. The molecule has 1 amide bonds. The molecule has 2 rings (SSSR count). The summed E-state index contributed by atoms with van der Waals surface area (Å²) < 4.78 is 37.9. The van der Waals surface area contributed by atoms with E-state index in [4.69, 9.17) is 0 Å². The van der Waals surface area contributed by atoms with Crippen molar-refractivity contribution in [3.8, 4) is 0 Å². The molecular weight excluding hydrogens is 269 g/mol. The van der Waals surface area contributed by atoms with Crippen LogP contribution in [0.2, 0.25) is 0 Å². The maximum Gasteiger partial charge on any atom is 0.403 e. The molecule has 0 radical (unpaired) electrons. The van der Waals surface area contributed by atoms with Crippen LogP contribution < -0.4 is 0 Å². The fourth-order valence-electron chi connectivity index (χ4n) is 2.78. The van der Waals surface area contributed by atoms with Gasteiger partial charge in [0.2, 0.25) is 5.91 Å². The van der Waals surface area contributed by atoms with Gasteiger partial charge < -0.3 is 4.90 Å². The fourth-order valence-corrected chi connectivity index (χ4v) is 2.78. The first kappa shape index (κ1) is 15.4. The van der Waals surface area contributed by atoms with Crippen molar-refractivity contribution in [2.45, 2.75) is 38.4 Å². The number of allylic oxidation sites excluding steroid dienone is 2. The standard InChI is InChI=1S/C14H21F3N2O/c1-11(14(15,16)17)18-6-8-19(9-7-18)13(20)10-12-4-2-3-5-12/h2,4,11-12H,3,5-10H2,1H3. The third-order valence-electron chi connectivity index (χ3n) is 4.24. The van der Waals surface area contributed by atoms with Gasteiger partial charge in [-0.2, -0.15) is 13.2 Å². The highest BCUT2D eigenvalue weighted by Crippen LogP contribution is 2.26. The largest absolute Gasteiger partial charge is 0.403 e. The number of hydrogen-bond donors (Lipinski definition) is 0. The molecule has 20 heavy (non-hydrogen) atoms. The van der Waals surface area contributed by atoms with Crippen LogP contribution in [0.15, 0.2) is 12.2 Å². The SMILES string of the molecule is CC(N1CCN(C(=O)CC2C=CCC2)CC1)C(F)(F)F. The first-order chi connectivity index (χ1) is 9.38. The summed E-state index contributed by atoms with van der Waals surface area (Å²) in [7, 11) is 0. The Balaban J connectivity index is 1.78. The number of alkyl halides is 3. The Kier molecular flexibility index (Phi) is 4.73. The Morgan fingerprint density at radius 3 is 2.45 bits per heavy atom. The minimum atomic E-state index is -4.19. The smallest absolute Gasteiger partial charge is 0.340 e. The van der Waals surface area contributed by atoms with E-state index < -0.39 is 12.2 Å². The van der Waals surface area contributed by atoms with Crippen molar-refractivity contribution in [3.05, 3.63) is 12.2 Å². The third kappa shape index (κ3) is 3.75. The third-order valence-corrected chi connectivity index (χ3v) is 4.24. The second kappa shape index (κ2) is 6.16. The summed E-state index contributed by atoms with van der Waals surface area (Å²) in [5.41, 5.74) is 0. The molecule has 1 aliphatic heterocycles. The average Bonchev–Trinajstić information content (AvgIpc) is 2.90. The van der Waals surface area contributed by atoms with Crippen molar-refractivity contribution < 1.29 is 18.0 Å². The summed E-state index contributed by atoms with van der Waals surface area (Å²) in [6.07, 6.45) is 2.48. The van der Waals surface area contributed by atoms with Gasteiger partial charge in [0.1, 0.15) is 6.04 Å². The topological polar surface area (TPSA) is 23.6 Å². The molecule has 1 fully saturated rings. The van der Waals surface area contributed by atoms with Crippen molar-refractivity contribution in [3.63, 3.8) is 0 Å². The van der Waals surface area contributed by atoms with Crippen LogP contribution in [0.1, 0.15) is 26.2 Å². The summed E-state index contributed by atoms with van der Waals surface area (Å²) in [4.78, 5) is 15.2. The van der Waals surface area contributed by atoms with E-state index in [1.807, 2.05) is 0 Å². The molecule has 3 nitrogen and oxygen atoms in total. The summed E-state index contributed by atoms with van der Waals surface area (Å²) >= 11 is 0. The molecule has 0 saturated carbocycles. The lowest BCUT2D eigenvalue weighted by Gasteiger charge is -2.38. The molecule has 0 aromatic carbocycles. The van der Waals surface area contributed by atoms with Crippen LogP contribution in [-0.4, -0.2) is 54.1 Å². The van der Waals surface area contributed by atoms with Crippen LogP contribution in [-0.2, 0) is 4.79 Å². The molecule has 2 unspecified atom stereocenters. The molecule has 0 bridgehead atoms. The quantitative estimate of drug-likeness (QED) is 0.745. The first-order valence-corrected chi connectivity index (χ1v) is 7.13. The minimum Gasteiger partial charge on any atom is -0.340 e. The van der Waals surface area contributed by atoms with Gasteiger partial charge in [0.05, 0.1) is 0 Å². The van der Waals surface area contributed by atoms with E-state index >= 15 is 0 Å². The average molecular weight is 290 g/mol. The van der Waals surface area contributed by atoms with Gasteiger partial charge in [-0.15, -0.1) is 0 Å². The Morgan fingerprint density at radius 2 is 1.95 bits per heavy atom. The van der Waals surface area contributed by atoms with Crippen molar-refractivity contribution in [1.29, 1.82) is 0 Å². The second-order valence-corrected chi connectivity index (χ2v) is 5.60. The van der Waals surface area contributed by atoms with Crippen molar-refractivity contribution >= 4 is 5.91 Å². The number of piperazine rings is 1. The van der Waals surface area contributed by atoms with Gasteiger partial charge in [0.25, 0.3) is 0 Å². The lowest BCUT2D eigenvalue weighted by atomic mass is 10.0. The van der Waals surface area contributed by atoms with Crippen molar-refractivity contribution in [2.24, 2.45) is 5.92 Å². The zero-order chi connectivity index (χ0) is 14.8. The molecular formula is C14H21F3N2O. The van der Waals surface area contributed by atoms with Crippen LogP contribution in [0, 0.1) is 5.92 Å². The number of carbonyl (C=O) groups is 1. The van der Waals surface area contributed by atoms with Gasteiger partial charge >= 0.3 is 6.18 Å². The number of amides is 1. The van der Waals surface area contributed by atoms with Gasteiger partial charge in [-0.1, -0.05) is 12.2 Å². The van der Waals surface area contributed by atoms with Gasteiger partial charge in [-0.25, -0.2) is 0 Å². The zero-order valence-electron chi connectivity index (χ0n) is 11.7. The monoisotopic (exact) mass is 290 g/mol. The zero-order valence-corrected chi connectivity index (χ0v) is 11.7. The molecule has 1 heterocycles. The summed E-state index contributed by atoms with van der Waals surface area (Å²) in [6, 6.07) is -1.43. The lowest BCUT2D eigenvalue weighted by molar-refractivity contribution is -0.183. The molecule has 2 atom stereocenters. The van der Waals surface area contributed by atoms with E-state index in [1.54, 1.807) is 4.90 Å². The predicted octanol–water partition coefficient (Wildman–Crippen LogP) is 2.44. The van der Waals surface area contributed by atoms with Crippen LogP contribution >= 0.6 is 0 Å². The highest BCUT2D eigenvalue weighted by atomic mass is 19.4. The highest BCUT2D eigenvalue weighted by Gasteiger charge is 2.41. The number of carbonyl (C=O) groups excluding carboxylic acids is 1. The minimum absolute atomic E-state index is 0.0702. The Bertz CT molecular complexity index is 373. The molecule has 1 saturated heterocycles. The Labute approximate surface area is 117 Å². The maximum absolute atomic E-state index is 12.6. The first-order valence-electron chi connectivity index (χ1n) is 7.13. The van der Waals surface area contributed by atoms with Crippen LogP contribution in [0.25, 0.3) is 0 Å². The van der Waals surface area contributed by atoms with Crippen molar-refractivity contribution in [2.75, 3.05) is 26.2 Å². The van der Waals surface area contributed by atoms with Crippen molar-refractivity contribution in [1.82, 2.24) is 9.80 Å². The van der Waals surface area contributed by atoms with E-state index in [-0.39, 0.29) is 5.91 Å². The van der Waals surface area contributed by atoms with Gasteiger partial charge in [0, 0.05) is 32.6 Å². The number of hydrogen-bond acceptors (Lipinski definition) is 2. The summed E-state index contributed by atoms with van der Waals surface area (Å²) in [5, 5.41) is 0. The van der Waals surface area contributed by atoms with Gasteiger partial charge in [0.15, 0.2) is 0 Å². The number of nitrogens with zero attached hydrogens (tertiary/aromatic N) is 2. The summed E-state index contributed by atoms with van der Waals surface area (Å²) in [6.45, 7) is 2.58. The van der Waals surface area contributed by atoms with Crippen LogP contribution in [0.3, 0.4) is 0 Å². The van der Waals surface area contributed by atoms with E-state index in [0.717, 1.165) is 12.8 Å². The van der Waals surface area contributed by atoms with Crippen LogP contribution in [0.4, 0.5) is 13.2 Å². The lowest BCUT2D eigenvalue weighted by Crippen LogP contribution is -2.54. The van der Waals surface area contributed by atoms with Gasteiger partial charge in [-0.05, 0) is 25.7 Å². The van der Waals surface area contributed by atoms with E-state index in [1.165, 1.54) is 11.8 Å². The second-order valence-electron chi connectivity index (χ2n) is 5.60. The molecule has 0 aromatic heterocycles. The van der Waals surface area contributed by atoms with E-state index in [0.29, 0.717) is 38.5 Å². The summed E-state index contributed by atoms with van der Waals surface area (Å²) in [5.74, 6) is 0.385. The molecule has 0 N–H and O–H groups in total.